The average Bonchev–Trinajstić information content (AvgIpc) is 2.52. The summed E-state index contributed by atoms with van der Waals surface area (Å²) in [6.45, 7) is 5.33. The lowest BCUT2D eigenvalue weighted by Crippen LogP contribution is -2.41. The maximum Gasteiger partial charge on any atom is 0.221 e. The van der Waals surface area contributed by atoms with E-state index in [1.54, 1.807) is 12.1 Å². The van der Waals surface area contributed by atoms with Crippen LogP contribution in [0.5, 0.6) is 5.75 Å². The van der Waals surface area contributed by atoms with Crippen LogP contribution in [0.4, 0.5) is 0 Å². The maximum atomic E-state index is 12.0. The summed E-state index contributed by atoms with van der Waals surface area (Å²) in [6.07, 6.45) is 3.82. The van der Waals surface area contributed by atoms with Gasteiger partial charge in [-0.2, -0.15) is 0 Å². The quantitative estimate of drug-likeness (QED) is 0.716. The van der Waals surface area contributed by atoms with Crippen molar-refractivity contribution in [1.82, 2.24) is 10.2 Å². The van der Waals surface area contributed by atoms with Gasteiger partial charge in [0.25, 0.3) is 0 Å². The molecule has 1 fully saturated rings. The fraction of sp³-hybridized carbons (Fsp3) is 0.632. The van der Waals surface area contributed by atoms with E-state index in [0.29, 0.717) is 25.6 Å². The number of amides is 1. The largest absolute Gasteiger partial charge is 0.508 e. The lowest BCUT2D eigenvalue weighted by Gasteiger charge is -2.36. The SMILES string of the molecule is CC(C)NC(=O)CCN(Cc1cccc(O)c1)C1CCC(O)CC1. The number of phenols is 1. The lowest BCUT2D eigenvalue weighted by molar-refractivity contribution is -0.122. The summed E-state index contributed by atoms with van der Waals surface area (Å²) < 4.78 is 0. The maximum absolute atomic E-state index is 12.0. The number of aromatic hydroxyl groups is 1. The number of hydrogen-bond donors (Lipinski definition) is 3. The smallest absolute Gasteiger partial charge is 0.221 e. The summed E-state index contributed by atoms with van der Waals surface area (Å²) in [5.41, 5.74) is 1.05. The number of carbonyl (C=O) groups excluding carboxylic acids is 1. The van der Waals surface area contributed by atoms with E-state index in [1.807, 2.05) is 26.0 Å². The Morgan fingerprint density at radius 1 is 1.29 bits per heavy atom. The van der Waals surface area contributed by atoms with Gasteiger partial charge in [0.1, 0.15) is 5.75 Å². The summed E-state index contributed by atoms with van der Waals surface area (Å²) in [5, 5.41) is 22.3. The minimum absolute atomic E-state index is 0.0711. The molecule has 3 N–H and O–H groups in total. The van der Waals surface area contributed by atoms with E-state index in [4.69, 9.17) is 0 Å². The Hall–Kier alpha value is -1.59. The third-order valence-corrected chi connectivity index (χ3v) is 4.55. The molecule has 0 heterocycles. The van der Waals surface area contributed by atoms with Crippen LogP contribution in [-0.2, 0) is 11.3 Å². The van der Waals surface area contributed by atoms with Crippen LogP contribution in [0, 0.1) is 0 Å². The third kappa shape index (κ3) is 6.13. The summed E-state index contributed by atoms with van der Waals surface area (Å²) >= 11 is 0. The van der Waals surface area contributed by atoms with E-state index >= 15 is 0 Å². The van der Waals surface area contributed by atoms with E-state index < -0.39 is 0 Å². The molecule has 134 valence electrons. The Kier molecular flexibility index (Phi) is 7.06. The molecule has 0 aromatic heterocycles. The normalized spacial score (nSPS) is 21.2. The van der Waals surface area contributed by atoms with Crippen molar-refractivity contribution >= 4 is 5.91 Å². The van der Waals surface area contributed by atoms with Gasteiger partial charge in [0.2, 0.25) is 5.91 Å². The molecule has 0 bridgehead atoms. The monoisotopic (exact) mass is 334 g/mol. The fourth-order valence-corrected chi connectivity index (χ4v) is 3.34. The number of benzene rings is 1. The predicted molar refractivity (Wildman–Crippen MR) is 94.7 cm³/mol. The Bertz CT molecular complexity index is 525. The van der Waals surface area contributed by atoms with Gasteiger partial charge in [0.05, 0.1) is 6.10 Å². The number of aliphatic hydroxyl groups is 1. The number of nitrogens with one attached hydrogen (secondary N) is 1. The highest BCUT2D eigenvalue weighted by atomic mass is 16.3. The van der Waals surface area contributed by atoms with Crippen molar-refractivity contribution in [3.63, 3.8) is 0 Å². The highest BCUT2D eigenvalue weighted by Gasteiger charge is 2.25. The number of rotatable bonds is 7. The van der Waals surface area contributed by atoms with Gasteiger partial charge < -0.3 is 15.5 Å². The van der Waals surface area contributed by atoms with Gasteiger partial charge in [0.15, 0.2) is 0 Å². The summed E-state index contributed by atoms with van der Waals surface area (Å²) in [6, 6.07) is 7.82. The Balaban J connectivity index is 1.99. The molecule has 5 heteroatoms. The van der Waals surface area contributed by atoms with E-state index in [2.05, 4.69) is 10.2 Å². The number of carbonyl (C=O) groups is 1. The minimum atomic E-state index is -0.187. The van der Waals surface area contributed by atoms with Crippen LogP contribution >= 0.6 is 0 Å². The van der Waals surface area contributed by atoms with Gasteiger partial charge in [-0.05, 0) is 57.2 Å². The van der Waals surface area contributed by atoms with Crippen LogP contribution in [0.25, 0.3) is 0 Å². The first kappa shape index (κ1) is 18.7. The van der Waals surface area contributed by atoms with Crippen molar-refractivity contribution in [1.29, 1.82) is 0 Å². The van der Waals surface area contributed by atoms with Crippen LogP contribution < -0.4 is 5.32 Å². The van der Waals surface area contributed by atoms with Crippen molar-refractivity contribution in [3.8, 4) is 5.75 Å². The Morgan fingerprint density at radius 2 is 2.00 bits per heavy atom. The summed E-state index contributed by atoms with van der Waals surface area (Å²) in [4.78, 5) is 14.3. The second-order valence-electron chi connectivity index (χ2n) is 7.07. The molecule has 1 aliphatic carbocycles. The average molecular weight is 334 g/mol. The van der Waals surface area contributed by atoms with E-state index in [9.17, 15) is 15.0 Å². The van der Waals surface area contributed by atoms with Crippen LogP contribution in [0.3, 0.4) is 0 Å². The predicted octanol–water partition coefficient (Wildman–Crippen LogP) is 2.41. The molecular formula is C19H30N2O3. The Morgan fingerprint density at radius 3 is 2.62 bits per heavy atom. The topological polar surface area (TPSA) is 72.8 Å². The van der Waals surface area contributed by atoms with Gasteiger partial charge in [-0.1, -0.05) is 12.1 Å². The second-order valence-corrected chi connectivity index (χ2v) is 7.07. The molecule has 0 radical (unpaired) electrons. The van der Waals surface area contributed by atoms with Crippen LogP contribution in [-0.4, -0.2) is 45.8 Å². The molecule has 1 aliphatic rings. The molecule has 0 aliphatic heterocycles. The highest BCUT2D eigenvalue weighted by Crippen LogP contribution is 2.25. The van der Waals surface area contributed by atoms with E-state index in [1.165, 1.54) is 0 Å². The van der Waals surface area contributed by atoms with Gasteiger partial charge in [0, 0.05) is 31.6 Å². The molecule has 5 nitrogen and oxygen atoms in total. The first-order valence-electron chi connectivity index (χ1n) is 8.93. The molecule has 1 aromatic rings. The molecule has 2 rings (SSSR count). The standard InChI is InChI=1S/C19H30N2O3/c1-14(2)20-19(24)10-11-21(16-6-8-17(22)9-7-16)13-15-4-3-5-18(23)12-15/h3-5,12,14,16-17,22-23H,6-11,13H2,1-2H3,(H,20,24). The lowest BCUT2D eigenvalue weighted by atomic mass is 9.91. The molecule has 0 unspecified atom stereocenters. The first-order chi connectivity index (χ1) is 11.4. The second kappa shape index (κ2) is 9.04. The number of aliphatic hydroxyl groups excluding tert-OH is 1. The molecule has 0 spiro atoms. The van der Waals surface area contributed by atoms with Gasteiger partial charge >= 0.3 is 0 Å². The Labute approximate surface area is 144 Å². The van der Waals surface area contributed by atoms with E-state index in [0.717, 1.165) is 31.2 Å². The van der Waals surface area contributed by atoms with Crippen molar-refractivity contribution in [2.24, 2.45) is 0 Å². The zero-order chi connectivity index (χ0) is 17.5. The minimum Gasteiger partial charge on any atom is -0.508 e. The van der Waals surface area contributed by atoms with Crippen LogP contribution in [0.2, 0.25) is 0 Å². The van der Waals surface area contributed by atoms with Crippen molar-refractivity contribution < 1.29 is 15.0 Å². The third-order valence-electron chi connectivity index (χ3n) is 4.55. The zero-order valence-electron chi connectivity index (χ0n) is 14.7. The van der Waals surface area contributed by atoms with Gasteiger partial charge in [-0.3, -0.25) is 9.69 Å². The molecule has 1 amide bonds. The van der Waals surface area contributed by atoms with Gasteiger partial charge in [-0.25, -0.2) is 0 Å². The molecule has 1 saturated carbocycles. The number of phenolic OH excluding ortho intramolecular Hbond substituents is 1. The zero-order valence-corrected chi connectivity index (χ0v) is 14.7. The molecular weight excluding hydrogens is 304 g/mol. The van der Waals surface area contributed by atoms with Crippen LogP contribution in [0.1, 0.15) is 51.5 Å². The fourth-order valence-electron chi connectivity index (χ4n) is 3.34. The van der Waals surface area contributed by atoms with Crippen molar-refractivity contribution in [3.05, 3.63) is 29.8 Å². The number of nitrogens with zero attached hydrogens (tertiary/aromatic N) is 1. The summed E-state index contributed by atoms with van der Waals surface area (Å²) in [7, 11) is 0. The molecule has 24 heavy (non-hydrogen) atoms. The van der Waals surface area contributed by atoms with Crippen LogP contribution in [0.15, 0.2) is 24.3 Å². The molecule has 1 aromatic carbocycles. The molecule has 0 atom stereocenters. The van der Waals surface area contributed by atoms with Crippen molar-refractivity contribution in [2.45, 2.75) is 70.7 Å². The van der Waals surface area contributed by atoms with Gasteiger partial charge in [-0.15, -0.1) is 0 Å². The summed E-state index contributed by atoms with van der Waals surface area (Å²) in [5.74, 6) is 0.339. The van der Waals surface area contributed by atoms with Crippen molar-refractivity contribution in [2.75, 3.05) is 6.54 Å². The molecule has 0 saturated heterocycles. The first-order valence-corrected chi connectivity index (χ1v) is 8.93. The van der Waals surface area contributed by atoms with E-state index in [-0.39, 0.29) is 23.8 Å². The number of hydrogen-bond acceptors (Lipinski definition) is 4. The highest BCUT2D eigenvalue weighted by molar-refractivity contribution is 5.76.